The van der Waals surface area contributed by atoms with Crippen LogP contribution >= 0.6 is 0 Å². The Hall–Kier alpha value is -2.94. The fraction of sp³-hybridized carbons (Fsp3) is 0.677. The van der Waals surface area contributed by atoms with Gasteiger partial charge in [-0.1, -0.05) is 40.2 Å². The molecule has 0 aliphatic rings. The lowest BCUT2D eigenvalue weighted by Crippen LogP contribution is -2.43. The molecule has 2 unspecified atom stereocenters. The largest absolute Gasteiger partial charge is 0.468 e. The minimum atomic E-state index is -0.762. The van der Waals surface area contributed by atoms with E-state index in [1.165, 1.54) is 7.11 Å². The van der Waals surface area contributed by atoms with Crippen LogP contribution in [-0.2, 0) is 35.1 Å². The van der Waals surface area contributed by atoms with Crippen molar-refractivity contribution < 1.29 is 38.1 Å². The van der Waals surface area contributed by atoms with Gasteiger partial charge in [0.25, 0.3) is 0 Å². The molecule has 40 heavy (non-hydrogen) atoms. The summed E-state index contributed by atoms with van der Waals surface area (Å²) in [6.07, 6.45) is 2.48. The number of hydrogen-bond acceptors (Lipinski definition) is 9. The molecule has 9 heteroatoms. The van der Waals surface area contributed by atoms with E-state index in [4.69, 9.17) is 18.9 Å². The van der Waals surface area contributed by atoms with E-state index in [0.717, 1.165) is 12.8 Å². The zero-order chi connectivity index (χ0) is 30.7. The molecule has 226 valence electrons. The summed E-state index contributed by atoms with van der Waals surface area (Å²) < 4.78 is 21.9. The van der Waals surface area contributed by atoms with E-state index in [2.05, 4.69) is 5.32 Å². The standard InChI is InChI=1S/C31H49NO8/c1-11-14-20(4)26(33)38-21(5)19-32-23(27(34)37-10)17-22-15-16-24(39-28(35)30(6,7)12-2)25(18-22)40-29(36)31(8,9)13-3/h15-16,18,20-21,23,32H,11-14,17,19H2,1-10H3/t20?,21?,23-/m0/s1. The Kier molecular flexibility index (Phi) is 13.8. The molecule has 0 bridgehead atoms. The van der Waals surface area contributed by atoms with Gasteiger partial charge < -0.3 is 24.3 Å². The van der Waals surface area contributed by atoms with E-state index in [9.17, 15) is 19.2 Å². The van der Waals surface area contributed by atoms with Gasteiger partial charge >= 0.3 is 23.9 Å². The van der Waals surface area contributed by atoms with Crippen molar-refractivity contribution in [3.63, 3.8) is 0 Å². The second kappa shape index (κ2) is 15.7. The number of carbonyl (C=O) groups excluding carboxylic acids is 4. The molecule has 0 heterocycles. The van der Waals surface area contributed by atoms with E-state index in [-0.39, 0.29) is 36.4 Å². The highest BCUT2D eigenvalue weighted by Crippen LogP contribution is 2.34. The maximum atomic E-state index is 12.9. The number of benzene rings is 1. The Morgan fingerprint density at radius 1 is 0.850 bits per heavy atom. The van der Waals surface area contributed by atoms with Crippen molar-refractivity contribution in [1.29, 1.82) is 0 Å². The maximum Gasteiger partial charge on any atom is 0.323 e. The molecule has 3 atom stereocenters. The smallest absolute Gasteiger partial charge is 0.323 e. The van der Waals surface area contributed by atoms with Crippen LogP contribution < -0.4 is 14.8 Å². The average Bonchev–Trinajstić information content (AvgIpc) is 2.91. The molecule has 0 aromatic heterocycles. The number of hydrogen-bond donors (Lipinski definition) is 1. The van der Waals surface area contributed by atoms with Gasteiger partial charge in [-0.3, -0.25) is 19.2 Å². The first kappa shape index (κ1) is 35.1. The molecule has 0 spiro atoms. The fourth-order valence-corrected chi connectivity index (χ4v) is 3.44. The lowest BCUT2D eigenvalue weighted by atomic mass is 9.90. The molecular formula is C31H49NO8. The maximum absolute atomic E-state index is 12.9. The third kappa shape index (κ3) is 10.6. The van der Waals surface area contributed by atoms with Crippen LogP contribution in [0.15, 0.2) is 18.2 Å². The minimum Gasteiger partial charge on any atom is -0.468 e. The molecule has 0 radical (unpaired) electrons. The van der Waals surface area contributed by atoms with Crippen LogP contribution in [0.5, 0.6) is 11.5 Å². The van der Waals surface area contributed by atoms with Crippen molar-refractivity contribution in [2.24, 2.45) is 16.7 Å². The van der Waals surface area contributed by atoms with Crippen LogP contribution in [0.3, 0.4) is 0 Å². The van der Waals surface area contributed by atoms with Crippen LogP contribution in [-0.4, -0.2) is 49.7 Å². The van der Waals surface area contributed by atoms with Gasteiger partial charge in [0.15, 0.2) is 11.5 Å². The van der Waals surface area contributed by atoms with Gasteiger partial charge in [-0.2, -0.15) is 0 Å². The highest BCUT2D eigenvalue weighted by atomic mass is 16.6. The highest BCUT2D eigenvalue weighted by molar-refractivity contribution is 5.81. The summed E-state index contributed by atoms with van der Waals surface area (Å²) in [6.45, 7) is 16.7. The SMILES string of the molecule is CCCC(C)C(=O)OC(C)CN[C@@H](Cc1ccc(OC(=O)C(C)(C)CC)c(OC(=O)C(C)(C)CC)c1)C(=O)OC. The van der Waals surface area contributed by atoms with Gasteiger partial charge in [-0.15, -0.1) is 0 Å². The molecule has 1 N–H and O–H groups in total. The number of nitrogens with one attached hydrogen (secondary N) is 1. The molecule has 1 aromatic rings. The van der Waals surface area contributed by atoms with Crippen LogP contribution in [0.4, 0.5) is 0 Å². The minimum absolute atomic E-state index is 0.0973. The summed E-state index contributed by atoms with van der Waals surface area (Å²) in [5.74, 6) is -1.65. The van der Waals surface area contributed by atoms with Crippen LogP contribution in [0.25, 0.3) is 0 Å². The lowest BCUT2D eigenvalue weighted by molar-refractivity contribution is -0.153. The average molecular weight is 564 g/mol. The Morgan fingerprint density at radius 2 is 1.40 bits per heavy atom. The van der Waals surface area contributed by atoms with E-state index in [0.29, 0.717) is 18.4 Å². The van der Waals surface area contributed by atoms with Gasteiger partial charge in [0, 0.05) is 6.54 Å². The fourth-order valence-electron chi connectivity index (χ4n) is 3.44. The van der Waals surface area contributed by atoms with Gasteiger partial charge in [0.2, 0.25) is 0 Å². The summed E-state index contributed by atoms with van der Waals surface area (Å²) in [5.41, 5.74) is -0.828. The summed E-state index contributed by atoms with van der Waals surface area (Å²) in [5, 5.41) is 3.12. The predicted molar refractivity (Wildman–Crippen MR) is 153 cm³/mol. The second-order valence-electron chi connectivity index (χ2n) is 11.7. The monoisotopic (exact) mass is 563 g/mol. The normalized spacial score (nSPS) is 14.1. The quantitative estimate of drug-likeness (QED) is 0.208. The summed E-state index contributed by atoms with van der Waals surface area (Å²) in [7, 11) is 1.30. The Balaban J connectivity index is 3.19. The van der Waals surface area contributed by atoms with Crippen molar-refractivity contribution >= 4 is 23.9 Å². The third-order valence-electron chi connectivity index (χ3n) is 7.31. The molecule has 9 nitrogen and oxygen atoms in total. The lowest BCUT2D eigenvalue weighted by Gasteiger charge is -2.24. The first-order valence-electron chi connectivity index (χ1n) is 14.2. The van der Waals surface area contributed by atoms with E-state index in [1.54, 1.807) is 52.8 Å². The van der Waals surface area contributed by atoms with Crippen molar-refractivity contribution in [2.75, 3.05) is 13.7 Å². The van der Waals surface area contributed by atoms with Crippen LogP contribution in [0.2, 0.25) is 0 Å². The Bertz CT molecular complexity index is 1020. The van der Waals surface area contributed by atoms with E-state index >= 15 is 0 Å². The Morgan fingerprint density at radius 3 is 1.90 bits per heavy atom. The molecule has 0 saturated carbocycles. The number of methoxy groups -OCH3 is 1. The van der Waals surface area contributed by atoms with Crippen LogP contribution in [0, 0.1) is 16.7 Å². The van der Waals surface area contributed by atoms with E-state index < -0.39 is 40.9 Å². The summed E-state index contributed by atoms with van der Waals surface area (Å²) >= 11 is 0. The summed E-state index contributed by atoms with van der Waals surface area (Å²) in [4.78, 5) is 50.5. The Labute approximate surface area is 239 Å². The number of esters is 4. The molecule has 0 fully saturated rings. The van der Waals surface area contributed by atoms with Crippen molar-refractivity contribution in [3.8, 4) is 11.5 Å². The van der Waals surface area contributed by atoms with Gasteiger partial charge in [0.05, 0.1) is 23.9 Å². The molecule has 0 amide bonds. The third-order valence-corrected chi connectivity index (χ3v) is 7.31. The predicted octanol–water partition coefficient (Wildman–Crippen LogP) is 5.41. The molecule has 0 aliphatic carbocycles. The number of rotatable bonds is 16. The summed E-state index contributed by atoms with van der Waals surface area (Å²) in [6, 6.07) is 4.10. The number of carbonyl (C=O) groups is 4. The zero-order valence-corrected chi connectivity index (χ0v) is 26.0. The van der Waals surface area contributed by atoms with Gasteiger partial charge in [-0.25, -0.2) is 0 Å². The van der Waals surface area contributed by atoms with E-state index in [1.807, 2.05) is 27.7 Å². The van der Waals surface area contributed by atoms with Gasteiger partial charge in [0.1, 0.15) is 12.1 Å². The topological polar surface area (TPSA) is 117 Å². The molecule has 1 aromatic carbocycles. The molecule has 0 aliphatic heterocycles. The highest BCUT2D eigenvalue weighted by Gasteiger charge is 2.32. The van der Waals surface area contributed by atoms with Crippen molar-refractivity contribution in [1.82, 2.24) is 5.32 Å². The second-order valence-corrected chi connectivity index (χ2v) is 11.7. The molecule has 0 saturated heterocycles. The first-order chi connectivity index (χ1) is 18.6. The zero-order valence-electron chi connectivity index (χ0n) is 26.0. The van der Waals surface area contributed by atoms with Crippen LogP contribution in [0.1, 0.15) is 93.6 Å². The molecule has 1 rings (SSSR count). The molecular weight excluding hydrogens is 514 g/mol. The van der Waals surface area contributed by atoms with Crippen molar-refractivity contribution in [2.45, 2.75) is 107 Å². The van der Waals surface area contributed by atoms with Crippen molar-refractivity contribution in [3.05, 3.63) is 23.8 Å². The first-order valence-corrected chi connectivity index (χ1v) is 14.2. The van der Waals surface area contributed by atoms with Gasteiger partial charge in [-0.05, 0) is 78.0 Å². The number of ether oxygens (including phenoxy) is 4.